The Morgan fingerprint density at radius 2 is 1.84 bits per heavy atom. The molecule has 1 heterocycles. The van der Waals surface area contributed by atoms with Gasteiger partial charge in [-0.05, 0) is 42.7 Å². The van der Waals surface area contributed by atoms with Crippen molar-refractivity contribution in [1.82, 2.24) is 10.6 Å². The maximum absolute atomic E-state index is 12.3. The van der Waals surface area contributed by atoms with Crippen LogP contribution in [0.3, 0.4) is 0 Å². The topological polar surface area (TPSA) is 67.4 Å². The van der Waals surface area contributed by atoms with E-state index in [9.17, 15) is 9.59 Å². The van der Waals surface area contributed by atoms with Gasteiger partial charge in [-0.15, -0.1) is 11.3 Å². The van der Waals surface area contributed by atoms with Gasteiger partial charge in [0.15, 0.2) is 0 Å². The molecule has 2 rings (SSSR count). The summed E-state index contributed by atoms with van der Waals surface area (Å²) in [4.78, 5) is 25.6. The first-order valence-electron chi connectivity index (χ1n) is 8.35. The van der Waals surface area contributed by atoms with Crippen LogP contribution in [0.25, 0.3) is 11.1 Å². The van der Waals surface area contributed by atoms with Crippen LogP contribution in [-0.2, 0) is 4.79 Å². The lowest BCUT2D eigenvalue weighted by molar-refractivity contribution is -0.120. The highest BCUT2D eigenvalue weighted by Crippen LogP contribution is 2.31. The maximum Gasteiger partial charge on any atom is 0.261 e. The van der Waals surface area contributed by atoms with Crippen molar-refractivity contribution in [2.75, 3.05) is 20.2 Å². The van der Waals surface area contributed by atoms with E-state index in [-0.39, 0.29) is 11.8 Å². The van der Waals surface area contributed by atoms with Crippen molar-refractivity contribution >= 4 is 23.2 Å². The van der Waals surface area contributed by atoms with Gasteiger partial charge < -0.3 is 15.4 Å². The molecule has 2 amide bonds. The van der Waals surface area contributed by atoms with E-state index in [4.69, 9.17) is 4.74 Å². The number of benzene rings is 1. The fourth-order valence-corrected chi connectivity index (χ4v) is 3.34. The van der Waals surface area contributed by atoms with Gasteiger partial charge in [0, 0.05) is 24.4 Å². The fourth-order valence-electron chi connectivity index (χ4n) is 2.38. The lowest BCUT2D eigenvalue weighted by Crippen LogP contribution is -2.30. The van der Waals surface area contributed by atoms with E-state index in [0.717, 1.165) is 28.2 Å². The number of rotatable bonds is 8. The van der Waals surface area contributed by atoms with E-state index in [2.05, 4.69) is 10.6 Å². The van der Waals surface area contributed by atoms with E-state index < -0.39 is 0 Å². The number of amides is 2. The molecule has 0 saturated carbocycles. The number of hydrogen-bond donors (Lipinski definition) is 2. The Morgan fingerprint density at radius 1 is 1.12 bits per heavy atom. The van der Waals surface area contributed by atoms with Crippen LogP contribution in [0.5, 0.6) is 5.75 Å². The molecule has 0 spiro atoms. The normalized spacial score (nSPS) is 10.4. The molecular formula is C19H24N2O3S. The standard InChI is InChI=1S/C19H24N2O3S/c1-4-10-20-18(22)9-11-21-19(23)17-12-16(13(2)25-17)14-5-7-15(24-3)8-6-14/h5-8,12H,4,9-11H2,1-3H3,(H,20,22)(H,21,23). The van der Waals surface area contributed by atoms with Crippen LogP contribution < -0.4 is 15.4 Å². The second kappa shape index (κ2) is 9.22. The number of carbonyl (C=O) groups is 2. The minimum Gasteiger partial charge on any atom is -0.497 e. The summed E-state index contributed by atoms with van der Waals surface area (Å²) in [7, 11) is 1.63. The van der Waals surface area contributed by atoms with Crippen LogP contribution in [0.1, 0.15) is 34.3 Å². The number of hydrogen-bond acceptors (Lipinski definition) is 4. The van der Waals surface area contributed by atoms with Crippen molar-refractivity contribution in [2.24, 2.45) is 0 Å². The average molecular weight is 360 g/mol. The largest absolute Gasteiger partial charge is 0.497 e. The molecule has 0 atom stereocenters. The molecular weight excluding hydrogens is 336 g/mol. The second-order valence-corrected chi connectivity index (χ2v) is 6.92. The van der Waals surface area contributed by atoms with E-state index in [1.807, 2.05) is 44.2 Å². The van der Waals surface area contributed by atoms with Crippen molar-refractivity contribution in [2.45, 2.75) is 26.7 Å². The molecule has 0 aliphatic heterocycles. The smallest absolute Gasteiger partial charge is 0.261 e. The molecule has 25 heavy (non-hydrogen) atoms. The molecule has 0 fully saturated rings. The van der Waals surface area contributed by atoms with E-state index in [1.54, 1.807) is 7.11 Å². The van der Waals surface area contributed by atoms with Crippen LogP contribution in [0.15, 0.2) is 30.3 Å². The molecule has 6 heteroatoms. The van der Waals surface area contributed by atoms with Gasteiger partial charge in [-0.1, -0.05) is 19.1 Å². The summed E-state index contributed by atoms with van der Waals surface area (Å²) in [5.74, 6) is 0.621. The predicted molar refractivity (Wildman–Crippen MR) is 101 cm³/mol. The highest BCUT2D eigenvalue weighted by Gasteiger charge is 2.14. The first-order chi connectivity index (χ1) is 12.0. The third-order valence-electron chi connectivity index (χ3n) is 3.75. The van der Waals surface area contributed by atoms with Crippen molar-refractivity contribution in [3.8, 4) is 16.9 Å². The zero-order valence-electron chi connectivity index (χ0n) is 14.8. The van der Waals surface area contributed by atoms with Gasteiger partial charge in [0.25, 0.3) is 5.91 Å². The molecule has 1 aromatic heterocycles. The molecule has 2 N–H and O–H groups in total. The molecule has 0 bridgehead atoms. The van der Waals surface area contributed by atoms with Gasteiger partial charge in [0.05, 0.1) is 12.0 Å². The summed E-state index contributed by atoms with van der Waals surface area (Å²) in [6.45, 7) is 5.01. The van der Waals surface area contributed by atoms with Crippen LogP contribution in [-0.4, -0.2) is 32.0 Å². The highest BCUT2D eigenvalue weighted by molar-refractivity contribution is 7.14. The van der Waals surface area contributed by atoms with Crippen molar-refractivity contribution in [3.63, 3.8) is 0 Å². The van der Waals surface area contributed by atoms with Gasteiger partial charge in [0.1, 0.15) is 5.75 Å². The van der Waals surface area contributed by atoms with Crippen molar-refractivity contribution in [1.29, 1.82) is 0 Å². The number of aryl methyl sites for hydroxylation is 1. The molecule has 5 nitrogen and oxygen atoms in total. The Bertz CT molecular complexity index is 723. The first-order valence-corrected chi connectivity index (χ1v) is 9.16. The van der Waals surface area contributed by atoms with Gasteiger partial charge in [-0.3, -0.25) is 9.59 Å². The zero-order chi connectivity index (χ0) is 18.2. The summed E-state index contributed by atoms with van der Waals surface area (Å²) >= 11 is 1.46. The van der Waals surface area contributed by atoms with Crippen LogP contribution >= 0.6 is 11.3 Å². The van der Waals surface area contributed by atoms with Crippen molar-refractivity contribution in [3.05, 3.63) is 40.1 Å². The number of nitrogens with one attached hydrogen (secondary N) is 2. The third-order valence-corrected chi connectivity index (χ3v) is 4.80. The Kier molecular flexibility index (Phi) is 7.01. The number of thiophene rings is 1. The maximum atomic E-state index is 12.3. The SMILES string of the molecule is CCCNC(=O)CCNC(=O)c1cc(-c2ccc(OC)cc2)c(C)s1. The quantitative estimate of drug-likeness (QED) is 0.758. The van der Waals surface area contributed by atoms with E-state index in [1.165, 1.54) is 11.3 Å². The monoisotopic (exact) mass is 360 g/mol. The molecule has 1 aromatic carbocycles. The summed E-state index contributed by atoms with van der Waals surface area (Å²) in [5.41, 5.74) is 2.09. The Balaban J connectivity index is 1.96. The lowest BCUT2D eigenvalue weighted by atomic mass is 10.1. The molecule has 134 valence electrons. The lowest BCUT2D eigenvalue weighted by Gasteiger charge is -2.04. The van der Waals surface area contributed by atoms with E-state index >= 15 is 0 Å². The fraction of sp³-hybridized carbons (Fsp3) is 0.368. The highest BCUT2D eigenvalue weighted by atomic mass is 32.1. The average Bonchev–Trinajstić information content (AvgIpc) is 3.01. The molecule has 0 aliphatic rings. The Hall–Kier alpha value is -2.34. The third kappa shape index (κ3) is 5.32. The van der Waals surface area contributed by atoms with Gasteiger partial charge in [-0.2, -0.15) is 0 Å². The summed E-state index contributed by atoms with van der Waals surface area (Å²) < 4.78 is 5.17. The van der Waals surface area contributed by atoms with Gasteiger partial charge >= 0.3 is 0 Å². The Morgan fingerprint density at radius 3 is 2.48 bits per heavy atom. The number of carbonyl (C=O) groups excluding carboxylic acids is 2. The van der Waals surface area contributed by atoms with Gasteiger partial charge in [-0.25, -0.2) is 0 Å². The van der Waals surface area contributed by atoms with Crippen LogP contribution in [0, 0.1) is 6.92 Å². The van der Waals surface area contributed by atoms with Crippen molar-refractivity contribution < 1.29 is 14.3 Å². The number of methoxy groups -OCH3 is 1. The molecule has 2 aromatic rings. The minimum absolute atomic E-state index is 0.0385. The minimum atomic E-state index is -0.142. The summed E-state index contributed by atoms with van der Waals surface area (Å²) in [6, 6.07) is 9.66. The van der Waals surface area contributed by atoms with Crippen LogP contribution in [0.4, 0.5) is 0 Å². The zero-order valence-corrected chi connectivity index (χ0v) is 15.7. The summed E-state index contributed by atoms with van der Waals surface area (Å²) in [6.07, 6.45) is 1.20. The molecule has 0 unspecified atom stereocenters. The molecule has 0 saturated heterocycles. The first kappa shape index (κ1) is 19.0. The van der Waals surface area contributed by atoms with Crippen LogP contribution in [0.2, 0.25) is 0 Å². The molecule has 0 radical (unpaired) electrons. The Labute approximate surface area is 152 Å². The van der Waals surface area contributed by atoms with E-state index in [0.29, 0.717) is 24.4 Å². The summed E-state index contributed by atoms with van der Waals surface area (Å²) in [5, 5.41) is 5.60. The van der Waals surface area contributed by atoms with Gasteiger partial charge in [0.2, 0.25) is 5.91 Å². The second-order valence-electron chi connectivity index (χ2n) is 5.66. The molecule has 0 aliphatic carbocycles. The number of ether oxygens (including phenoxy) is 1. The predicted octanol–water partition coefficient (Wildman–Crippen LogP) is 3.38.